The average Bonchev–Trinajstić information content (AvgIpc) is 3.19. The number of unbranched alkanes of at least 4 members (excludes halogenated alkanes) is 24. The molecule has 7 heteroatoms. The summed E-state index contributed by atoms with van der Waals surface area (Å²) in [6.45, 7) is 4.16. The van der Waals surface area contributed by atoms with Gasteiger partial charge < -0.3 is 18.9 Å². The second-order valence-electron chi connectivity index (χ2n) is 15.3. The number of esters is 3. The van der Waals surface area contributed by atoms with Crippen molar-refractivity contribution in [3.8, 4) is 11.5 Å². The largest absolute Gasteiger partial charge is 0.462 e. The maximum Gasteiger partial charge on any atom is 0.338 e. The van der Waals surface area contributed by atoms with Gasteiger partial charge in [0.05, 0.1) is 5.56 Å². The van der Waals surface area contributed by atoms with Crippen molar-refractivity contribution in [3.05, 3.63) is 60.2 Å². The fourth-order valence-electron chi connectivity index (χ4n) is 6.76. The van der Waals surface area contributed by atoms with Crippen LogP contribution in [0.2, 0.25) is 0 Å². The third-order valence-corrected chi connectivity index (χ3v) is 10.1. The first kappa shape index (κ1) is 47.8. The Labute approximate surface area is 335 Å². The van der Waals surface area contributed by atoms with Crippen LogP contribution < -0.4 is 4.74 Å². The quantitative estimate of drug-likeness (QED) is 0.0388. The van der Waals surface area contributed by atoms with Crippen molar-refractivity contribution in [1.82, 2.24) is 0 Å². The monoisotopic (exact) mass is 765 g/mol. The second kappa shape index (κ2) is 33.9. The zero-order chi connectivity index (χ0) is 39.4. The van der Waals surface area contributed by atoms with Crippen LogP contribution in [0.5, 0.6) is 11.5 Å². The van der Waals surface area contributed by atoms with Crippen LogP contribution in [-0.4, -0.2) is 37.2 Å². The van der Waals surface area contributed by atoms with Gasteiger partial charge in [-0.1, -0.05) is 192 Å². The van der Waals surface area contributed by atoms with E-state index in [2.05, 4.69) is 13.8 Å². The number of ether oxygens (including phenoxy) is 4. The molecule has 0 heterocycles. The lowest BCUT2D eigenvalue weighted by Crippen LogP contribution is -2.31. The molecule has 0 bridgehead atoms. The highest BCUT2D eigenvalue weighted by Gasteiger charge is 2.20. The Morgan fingerprint density at radius 3 is 1.36 bits per heavy atom. The second-order valence-corrected chi connectivity index (χ2v) is 15.3. The molecule has 0 amide bonds. The summed E-state index contributed by atoms with van der Waals surface area (Å²) in [4.78, 5) is 38.4. The molecule has 2 rings (SSSR count). The molecule has 1 atom stereocenters. The van der Waals surface area contributed by atoms with E-state index in [1.54, 1.807) is 24.3 Å². The van der Waals surface area contributed by atoms with Crippen LogP contribution in [-0.2, 0) is 23.8 Å². The van der Waals surface area contributed by atoms with Gasteiger partial charge in [0.1, 0.15) is 24.7 Å². The van der Waals surface area contributed by atoms with E-state index < -0.39 is 12.1 Å². The Morgan fingerprint density at radius 1 is 0.455 bits per heavy atom. The molecule has 0 saturated heterocycles. The molecule has 0 aromatic heterocycles. The van der Waals surface area contributed by atoms with Gasteiger partial charge in [-0.3, -0.25) is 9.59 Å². The lowest BCUT2D eigenvalue weighted by atomic mass is 10.0. The van der Waals surface area contributed by atoms with E-state index >= 15 is 0 Å². The molecule has 0 aliphatic carbocycles. The van der Waals surface area contributed by atoms with Crippen LogP contribution in [0.1, 0.15) is 204 Å². The minimum atomic E-state index is -0.877. The van der Waals surface area contributed by atoms with Crippen LogP contribution >= 0.6 is 0 Å². The lowest BCUT2D eigenvalue weighted by Gasteiger charge is -2.18. The Bertz CT molecular complexity index is 1230. The van der Waals surface area contributed by atoms with Crippen LogP contribution in [0.3, 0.4) is 0 Å². The SMILES string of the molecule is CCCCCCCCCCCCCCCC(=O)OC[C@H](COC(=O)c1cccc(Oc2ccccc2)c1)OC(=O)CCCCCCCCCCCCCCC. The molecule has 0 aliphatic heterocycles. The molecule has 2 aromatic carbocycles. The van der Waals surface area contributed by atoms with Crippen LogP contribution in [0, 0.1) is 0 Å². The molecule has 0 aliphatic rings. The Hall–Kier alpha value is -3.35. The number of hydrogen-bond donors (Lipinski definition) is 0. The van der Waals surface area contributed by atoms with Gasteiger partial charge in [-0.2, -0.15) is 0 Å². The van der Waals surface area contributed by atoms with E-state index in [0.717, 1.165) is 38.5 Å². The highest BCUT2D eigenvalue weighted by Crippen LogP contribution is 2.22. The normalized spacial score (nSPS) is 11.6. The van der Waals surface area contributed by atoms with Crippen molar-refractivity contribution in [2.75, 3.05) is 13.2 Å². The van der Waals surface area contributed by atoms with Crippen molar-refractivity contribution in [1.29, 1.82) is 0 Å². The first-order valence-corrected chi connectivity index (χ1v) is 22.4. The topological polar surface area (TPSA) is 88.1 Å². The predicted octanol–water partition coefficient (Wildman–Crippen LogP) is 14.1. The minimum absolute atomic E-state index is 0.147. The summed E-state index contributed by atoms with van der Waals surface area (Å²) in [6, 6.07) is 16.1. The molecule has 0 N–H and O–H groups in total. The van der Waals surface area contributed by atoms with Gasteiger partial charge in [-0.05, 0) is 43.2 Å². The number of carbonyl (C=O) groups is 3. The van der Waals surface area contributed by atoms with Crippen molar-refractivity contribution in [2.24, 2.45) is 0 Å². The molecule has 310 valence electrons. The van der Waals surface area contributed by atoms with Gasteiger partial charge in [-0.15, -0.1) is 0 Å². The molecular weight excluding hydrogens is 689 g/mol. The highest BCUT2D eigenvalue weighted by molar-refractivity contribution is 5.89. The summed E-state index contributed by atoms with van der Waals surface area (Å²) in [5.41, 5.74) is 0.310. The zero-order valence-corrected chi connectivity index (χ0v) is 34.8. The van der Waals surface area contributed by atoms with Gasteiger partial charge >= 0.3 is 17.9 Å². The Kier molecular flexibility index (Phi) is 29.5. The molecule has 0 fully saturated rings. The number of carbonyl (C=O) groups excluding carboxylic acids is 3. The van der Waals surface area contributed by atoms with Crippen molar-refractivity contribution >= 4 is 17.9 Å². The van der Waals surface area contributed by atoms with E-state index in [0.29, 0.717) is 23.5 Å². The number of benzene rings is 2. The smallest absolute Gasteiger partial charge is 0.338 e. The van der Waals surface area contributed by atoms with Crippen LogP contribution in [0.25, 0.3) is 0 Å². The molecular formula is C48H76O7. The minimum Gasteiger partial charge on any atom is -0.462 e. The van der Waals surface area contributed by atoms with Crippen molar-refractivity contribution in [2.45, 2.75) is 200 Å². The zero-order valence-electron chi connectivity index (χ0n) is 34.8. The molecule has 2 aromatic rings. The summed E-state index contributed by atoms with van der Waals surface area (Å²) in [7, 11) is 0. The maximum atomic E-state index is 13.0. The maximum absolute atomic E-state index is 13.0. The lowest BCUT2D eigenvalue weighted by molar-refractivity contribution is -0.161. The average molecular weight is 765 g/mol. The predicted molar refractivity (Wildman–Crippen MR) is 225 cm³/mol. The molecule has 0 radical (unpaired) electrons. The van der Waals surface area contributed by atoms with Crippen LogP contribution in [0.15, 0.2) is 54.6 Å². The summed E-state index contributed by atoms with van der Waals surface area (Å²) < 4.78 is 22.7. The van der Waals surface area contributed by atoms with Crippen molar-refractivity contribution < 1.29 is 33.3 Å². The molecule has 7 nitrogen and oxygen atoms in total. The van der Waals surface area contributed by atoms with E-state index in [1.807, 2.05) is 30.3 Å². The van der Waals surface area contributed by atoms with E-state index in [-0.39, 0.29) is 31.6 Å². The van der Waals surface area contributed by atoms with Gasteiger partial charge in [0.2, 0.25) is 0 Å². The summed E-state index contributed by atoms with van der Waals surface area (Å²) >= 11 is 0. The number of hydrogen-bond acceptors (Lipinski definition) is 7. The number of para-hydroxylation sites is 1. The van der Waals surface area contributed by atoms with E-state index in [1.165, 1.54) is 128 Å². The molecule has 55 heavy (non-hydrogen) atoms. The fraction of sp³-hybridized carbons (Fsp3) is 0.688. The fourth-order valence-corrected chi connectivity index (χ4v) is 6.76. The summed E-state index contributed by atoms with van der Waals surface area (Å²) in [5.74, 6) is -0.102. The van der Waals surface area contributed by atoms with Gasteiger partial charge in [-0.25, -0.2) is 4.79 Å². The third-order valence-electron chi connectivity index (χ3n) is 10.1. The summed E-state index contributed by atoms with van der Waals surface area (Å²) in [5, 5.41) is 0. The van der Waals surface area contributed by atoms with E-state index in [4.69, 9.17) is 18.9 Å². The third kappa shape index (κ3) is 27.0. The first-order chi connectivity index (χ1) is 27.0. The van der Waals surface area contributed by atoms with E-state index in [9.17, 15) is 14.4 Å². The molecule has 0 spiro atoms. The Balaban J connectivity index is 1.71. The Morgan fingerprint density at radius 2 is 0.873 bits per heavy atom. The van der Waals surface area contributed by atoms with Crippen LogP contribution in [0.4, 0.5) is 0 Å². The highest BCUT2D eigenvalue weighted by atomic mass is 16.6. The first-order valence-electron chi connectivity index (χ1n) is 22.4. The summed E-state index contributed by atoms with van der Waals surface area (Å²) in [6.07, 6.45) is 31.8. The van der Waals surface area contributed by atoms with Gasteiger partial charge in [0.15, 0.2) is 6.10 Å². The van der Waals surface area contributed by atoms with Gasteiger partial charge in [0, 0.05) is 12.8 Å². The number of rotatable bonds is 36. The van der Waals surface area contributed by atoms with Crippen molar-refractivity contribution in [3.63, 3.8) is 0 Å². The van der Waals surface area contributed by atoms with Gasteiger partial charge in [0.25, 0.3) is 0 Å². The standard InChI is InChI=1S/C48H76O7/c1-3-5-7-9-11-13-15-17-19-21-23-25-30-37-46(49)52-40-45(55-47(50)38-31-26-24-22-20-18-16-14-12-10-8-6-4-2)41-53-48(51)42-33-32-36-44(39-42)54-43-34-28-27-29-35-43/h27-29,32-36,39,45H,3-26,30-31,37-38,40-41H2,1-2H3/t45-/m1/s1. The molecule has 0 saturated carbocycles. The molecule has 0 unspecified atom stereocenters.